The van der Waals surface area contributed by atoms with Gasteiger partial charge in [-0.1, -0.05) is 25.0 Å². The van der Waals surface area contributed by atoms with Crippen LogP contribution in [0.4, 0.5) is 0 Å². The SMILES string of the molecule is CC(=O)c1ccccc1OCC1(O)CCCC1. The second kappa shape index (κ2) is 4.88. The van der Waals surface area contributed by atoms with Crippen molar-refractivity contribution in [2.24, 2.45) is 0 Å². The van der Waals surface area contributed by atoms with E-state index in [0.29, 0.717) is 11.3 Å². The lowest BCUT2D eigenvalue weighted by atomic mass is 10.0. The first kappa shape index (κ1) is 12.1. The molecule has 0 aromatic heterocycles. The maximum atomic E-state index is 11.4. The normalized spacial score (nSPS) is 18.0. The molecular weight excluding hydrogens is 216 g/mol. The summed E-state index contributed by atoms with van der Waals surface area (Å²) in [7, 11) is 0. The molecule has 0 bridgehead atoms. The number of ketones is 1. The molecule has 0 aliphatic heterocycles. The lowest BCUT2D eigenvalue weighted by Gasteiger charge is -2.22. The topological polar surface area (TPSA) is 46.5 Å². The Morgan fingerprint density at radius 2 is 2.00 bits per heavy atom. The minimum Gasteiger partial charge on any atom is -0.490 e. The predicted octanol–water partition coefficient (Wildman–Crippen LogP) is 2.57. The van der Waals surface area contributed by atoms with Crippen LogP contribution in [0.25, 0.3) is 0 Å². The highest BCUT2D eigenvalue weighted by molar-refractivity contribution is 5.96. The van der Waals surface area contributed by atoms with E-state index < -0.39 is 5.60 Å². The summed E-state index contributed by atoms with van der Waals surface area (Å²) >= 11 is 0. The van der Waals surface area contributed by atoms with E-state index in [1.54, 1.807) is 12.1 Å². The second-order valence-electron chi connectivity index (χ2n) is 4.77. The van der Waals surface area contributed by atoms with Crippen LogP contribution in [-0.4, -0.2) is 23.1 Å². The molecule has 3 heteroatoms. The molecule has 0 unspecified atom stereocenters. The zero-order valence-corrected chi connectivity index (χ0v) is 10.1. The zero-order valence-electron chi connectivity index (χ0n) is 10.1. The Morgan fingerprint density at radius 3 is 2.65 bits per heavy atom. The highest BCUT2D eigenvalue weighted by atomic mass is 16.5. The Kier molecular flexibility index (Phi) is 3.48. The third kappa shape index (κ3) is 2.86. The number of carbonyl (C=O) groups excluding carboxylic acids is 1. The van der Waals surface area contributed by atoms with E-state index >= 15 is 0 Å². The van der Waals surface area contributed by atoms with Crippen LogP contribution >= 0.6 is 0 Å². The predicted molar refractivity (Wildman–Crippen MR) is 65.4 cm³/mol. The minimum absolute atomic E-state index is 0.0148. The maximum absolute atomic E-state index is 11.4. The molecule has 0 saturated heterocycles. The molecule has 0 amide bonds. The van der Waals surface area contributed by atoms with Crippen LogP contribution in [0.2, 0.25) is 0 Å². The lowest BCUT2D eigenvalue weighted by Crippen LogP contribution is -2.32. The van der Waals surface area contributed by atoms with E-state index in [4.69, 9.17) is 4.74 Å². The molecule has 1 saturated carbocycles. The van der Waals surface area contributed by atoms with Gasteiger partial charge in [-0.2, -0.15) is 0 Å². The van der Waals surface area contributed by atoms with Gasteiger partial charge >= 0.3 is 0 Å². The number of benzene rings is 1. The fraction of sp³-hybridized carbons (Fsp3) is 0.500. The monoisotopic (exact) mass is 234 g/mol. The Balaban J connectivity index is 2.06. The Morgan fingerprint density at radius 1 is 1.35 bits per heavy atom. The minimum atomic E-state index is -0.704. The molecule has 1 fully saturated rings. The first-order valence-electron chi connectivity index (χ1n) is 6.06. The maximum Gasteiger partial charge on any atom is 0.163 e. The van der Waals surface area contributed by atoms with Gasteiger partial charge in [-0.05, 0) is 31.9 Å². The molecule has 0 heterocycles. The number of Topliss-reactive ketones (excluding diaryl/α,β-unsaturated/α-hetero) is 1. The van der Waals surface area contributed by atoms with Gasteiger partial charge in [0.05, 0.1) is 11.2 Å². The van der Waals surface area contributed by atoms with E-state index in [0.717, 1.165) is 25.7 Å². The molecule has 1 aliphatic rings. The third-order valence-electron chi connectivity index (χ3n) is 3.30. The molecular formula is C14H18O3. The van der Waals surface area contributed by atoms with Crippen LogP contribution in [0.1, 0.15) is 43.0 Å². The van der Waals surface area contributed by atoms with Gasteiger partial charge in [0.25, 0.3) is 0 Å². The van der Waals surface area contributed by atoms with Gasteiger partial charge in [0.2, 0.25) is 0 Å². The standard InChI is InChI=1S/C14H18O3/c1-11(15)12-6-2-3-7-13(12)17-10-14(16)8-4-5-9-14/h2-3,6-7,16H,4-5,8-10H2,1H3. The number of carbonyl (C=O) groups is 1. The average molecular weight is 234 g/mol. The van der Waals surface area contributed by atoms with E-state index in [1.807, 2.05) is 12.1 Å². The summed E-state index contributed by atoms with van der Waals surface area (Å²) in [5.74, 6) is 0.555. The van der Waals surface area contributed by atoms with Gasteiger partial charge < -0.3 is 9.84 Å². The number of hydrogen-bond donors (Lipinski definition) is 1. The molecule has 92 valence electrons. The van der Waals surface area contributed by atoms with Crippen molar-refractivity contribution in [3.05, 3.63) is 29.8 Å². The molecule has 1 aliphatic carbocycles. The first-order chi connectivity index (χ1) is 8.11. The van der Waals surface area contributed by atoms with Crippen LogP contribution < -0.4 is 4.74 Å². The molecule has 0 atom stereocenters. The van der Waals surface area contributed by atoms with Gasteiger partial charge in [0.1, 0.15) is 12.4 Å². The Hall–Kier alpha value is -1.35. The van der Waals surface area contributed by atoms with Crippen molar-refractivity contribution in [2.75, 3.05) is 6.61 Å². The summed E-state index contributed by atoms with van der Waals surface area (Å²) < 4.78 is 5.61. The van der Waals surface area contributed by atoms with Crippen LogP contribution in [0.15, 0.2) is 24.3 Å². The fourth-order valence-corrected chi connectivity index (χ4v) is 2.27. The average Bonchev–Trinajstić information content (AvgIpc) is 2.74. The van der Waals surface area contributed by atoms with Gasteiger partial charge in [-0.25, -0.2) is 0 Å². The van der Waals surface area contributed by atoms with Crippen molar-refractivity contribution < 1.29 is 14.6 Å². The lowest BCUT2D eigenvalue weighted by molar-refractivity contribution is 0.00116. The number of hydrogen-bond acceptors (Lipinski definition) is 3. The van der Waals surface area contributed by atoms with E-state index in [2.05, 4.69) is 0 Å². The quantitative estimate of drug-likeness (QED) is 0.814. The van der Waals surface area contributed by atoms with Crippen LogP contribution in [-0.2, 0) is 0 Å². The molecule has 3 nitrogen and oxygen atoms in total. The van der Waals surface area contributed by atoms with Crippen LogP contribution in [0.5, 0.6) is 5.75 Å². The van der Waals surface area contributed by atoms with Crippen molar-refractivity contribution in [2.45, 2.75) is 38.2 Å². The van der Waals surface area contributed by atoms with E-state index in [-0.39, 0.29) is 12.4 Å². The van der Waals surface area contributed by atoms with Gasteiger partial charge in [0, 0.05) is 0 Å². The highest BCUT2D eigenvalue weighted by Crippen LogP contribution is 2.30. The van der Waals surface area contributed by atoms with Gasteiger partial charge in [-0.15, -0.1) is 0 Å². The van der Waals surface area contributed by atoms with Crippen molar-refractivity contribution in [1.82, 2.24) is 0 Å². The summed E-state index contributed by atoms with van der Waals surface area (Å²) in [5.41, 5.74) is -0.127. The van der Waals surface area contributed by atoms with Crippen molar-refractivity contribution >= 4 is 5.78 Å². The van der Waals surface area contributed by atoms with Gasteiger partial charge in [-0.3, -0.25) is 4.79 Å². The Labute approximate surface area is 101 Å². The van der Waals surface area contributed by atoms with E-state index in [9.17, 15) is 9.90 Å². The van der Waals surface area contributed by atoms with Crippen LogP contribution in [0.3, 0.4) is 0 Å². The second-order valence-corrected chi connectivity index (χ2v) is 4.77. The molecule has 1 N–H and O–H groups in total. The smallest absolute Gasteiger partial charge is 0.163 e. The van der Waals surface area contributed by atoms with Crippen LogP contribution in [0, 0.1) is 0 Å². The van der Waals surface area contributed by atoms with Gasteiger partial charge in [0.15, 0.2) is 5.78 Å². The number of aliphatic hydroxyl groups is 1. The summed E-state index contributed by atoms with van der Waals surface area (Å²) in [5, 5.41) is 10.2. The van der Waals surface area contributed by atoms with Crippen molar-refractivity contribution in [3.63, 3.8) is 0 Å². The number of para-hydroxylation sites is 1. The highest BCUT2D eigenvalue weighted by Gasteiger charge is 2.32. The Bertz CT molecular complexity index is 406. The molecule has 2 rings (SSSR count). The molecule has 0 radical (unpaired) electrons. The summed E-state index contributed by atoms with van der Waals surface area (Å²) in [6.45, 7) is 1.80. The summed E-state index contributed by atoms with van der Waals surface area (Å²) in [6, 6.07) is 7.17. The van der Waals surface area contributed by atoms with Crippen molar-refractivity contribution in [3.8, 4) is 5.75 Å². The van der Waals surface area contributed by atoms with Crippen molar-refractivity contribution in [1.29, 1.82) is 0 Å². The zero-order chi connectivity index (χ0) is 12.3. The molecule has 1 aromatic carbocycles. The largest absolute Gasteiger partial charge is 0.490 e. The molecule has 0 spiro atoms. The third-order valence-corrected chi connectivity index (χ3v) is 3.30. The number of rotatable bonds is 4. The molecule has 1 aromatic rings. The fourth-order valence-electron chi connectivity index (χ4n) is 2.27. The summed E-state index contributed by atoms with van der Waals surface area (Å²) in [4.78, 5) is 11.4. The number of ether oxygens (including phenoxy) is 1. The first-order valence-corrected chi connectivity index (χ1v) is 6.06. The summed E-state index contributed by atoms with van der Waals surface area (Å²) in [6.07, 6.45) is 3.67. The van der Waals surface area contributed by atoms with E-state index in [1.165, 1.54) is 6.92 Å². The molecule has 17 heavy (non-hydrogen) atoms.